The zero-order valence-electron chi connectivity index (χ0n) is 14.5. The third-order valence-electron chi connectivity index (χ3n) is 3.62. The van der Waals surface area contributed by atoms with Gasteiger partial charge in [-0.2, -0.15) is 87.8 Å². The molecule has 34 heavy (non-hydrogen) atoms. The van der Waals surface area contributed by atoms with E-state index in [1.807, 2.05) is 0 Å². The van der Waals surface area contributed by atoms with Gasteiger partial charge in [-0.15, -0.1) is 10.2 Å². The van der Waals surface area contributed by atoms with Gasteiger partial charge in [-0.25, -0.2) is 0 Å². The molecule has 0 amide bonds. The maximum Gasteiger partial charge on any atom is 0.459 e. The Bertz CT molecular complexity index is 839. The second-order valence-corrected chi connectivity index (χ2v) is 5.94. The highest BCUT2D eigenvalue weighted by Crippen LogP contribution is 2.59. The van der Waals surface area contributed by atoms with Gasteiger partial charge in [-0.05, 0) is 0 Å². The lowest BCUT2D eigenvalue weighted by molar-refractivity contribution is -0.314. The molecule has 1 heterocycles. The molecule has 0 saturated carbocycles. The molecule has 0 saturated heterocycles. The van der Waals surface area contributed by atoms with Crippen LogP contribution in [0.2, 0.25) is 0 Å². The number of hydrogen-bond acceptors (Lipinski definition) is 2. The fraction of sp³-hybridized carbons (Fsp3) is 0.667. The molecule has 1 aromatic heterocycles. The third-order valence-corrected chi connectivity index (χ3v) is 3.62. The van der Waals surface area contributed by atoms with Crippen molar-refractivity contribution in [3.8, 4) is 0 Å². The van der Waals surface area contributed by atoms with Gasteiger partial charge in [0.05, 0.1) is 11.1 Å². The highest BCUT2D eigenvalue weighted by atomic mass is 19.4. The Kier molecular flexibility index (Phi) is 6.63. The summed E-state index contributed by atoms with van der Waals surface area (Å²) < 4.78 is 260. The summed E-state index contributed by atoms with van der Waals surface area (Å²) in [6.45, 7) is 0. The lowest BCUT2D eigenvalue weighted by Crippen LogP contribution is -2.48. The van der Waals surface area contributed by atoms with E-state index >= 15 is 0 Å². The van der Waals surface area contributed by atoms with Gasteiger partial charge >= 0.3 is 48.4 Å². The van der Waals surface area contributed by atoms with Crippen LogP contribution >= 0.6 is 0 Å². The van der Waals surface area contributed by atoms with Gasteiger partial charge in [-0.1, -0.05) is 0 Å². The minimum atomic E-state index is -7.77. The van der Waals surface area contributed by atoms with Crippen molar-refractivity contribution >= 4 is 0 Å². The van der Waals surface area contributed by atoms with E-state index in [4.69, 9.17) is 0 Å². The molecular formula is C12F20N2. The number of alkyl halides is 20. The first-order chi connectivity index (χ1) is 14.5. The van der Waals surface area contributed by atoms with Crippen LogP contribution in [0.3, 0.4) is 0 Å². The topological polar surface area (TPSA) is 25.8 Å². The second kappa shape index (κ2) is 7.59. The van der Waals surface area contributed by atoms with E-state index in [1.165, 1.54) is 0 Å². The summed E-state index contributed by atoms with van der Waals surface area (Å²) in [5, 5.41) is 2.10. The van der Waals surface area contributed by atoms with Crippen LogP contribution < -0.4 is 0 Å². The van der Waals surface area contributed by atoms with Crippen LogP contribution in [0.15, 0.2) is 0 Å². The van der Waals surface area contributed by atoms with Crippen LogP contribution in [0, 0.1) is 0 Å². The Balaban J connectivity index is 4.63. The van der Waals surface area contributed by atoms with Crippen LogP contribution in [0.4, 0.5) is 87.8 Å². The SMILES string of the molecule is FC(F)(F)C(F)(F)c1nnc(C(F)(F)C(F)(F)F)c(C(F)(F)C(F)(F)F)c1C(F)(F)C(F)(F)F. The predicted molar refractivity (Wildman–Crippen MR) is 61.8 cm³/mol. The number of halogens is 20. The Hall–Kier alpha value is -2.32. The van der Waals surface area contributed by atoms with Crippen molar-refractivity contribution in [1.82, 2.24) is 10.2 Å². The zero-order chi connectivity index (χ0) is 27.7. The van der Waals surface area contributed by atoms with E-state index in [1.54, 1.807) is 0 Å². The molecule has 22 heteroatoms. The van der Waals surface area contributed by atoms with Crippen LogP contribution in [0.1, 0.15) is 22.5 Å². The Morgan fingerprint density at radius 1 is 0.294 bits per heavy atom. The predicted octanol–water partition coefficient (Wildman–Crippen LogP) is 7.09. The molecule has 0 atom stereocenters. The Morgan fingerprint density at radius 2 is 0.471 bits per heavy atom. The first-order valence-corrected chi connectivity index (χ1v) is 7.18. The smallest absolute Gasteiger partial charge is 0.191 e. The molecule has 0 bridgehead atoms. The molecule has 1 rings (SSSR count). The van der Waals surface area contributed by atoms with Gasteiger partial charge in [0.25, 0.3) is 0 Å². The Morgan fingerprint density at radius 3 is 0.618 bits per heavy atom. The van der Waals surface area contributed by atoms with Gasteiger partial charge in [0.15, 0.2) is 11.4 Å². The molecule has 1 aromatic rings. The van der Waals surface area contributed by atoms with Crippen molar-refractivity contribution < 1.29 is 87.8 Å². The van der Waals surface area contributed by atoms with Crippen molar-refractivity contribution in [3.63, 3.8) is 0 Å². The highest BCUT2D eigenvalue weighted by molar-refractivity contribution is 5.45. The van der Waals surface area contributed by atoms with Crippen molar-refractivity contribution in [1.29, 1.82) is 0 Å². The van der Waals surface area contributed by atoms with Gasteiger partial charge in [-0.3, -0.25) is 0 Å². The Labute approximate surface area is 170 Å². The van der Waals surface area contributed by atoms with Gasteiger partial charge < -0.3 is 0 Å². The largest absolute Gasteiger partial charge is 0.459 e. The second-order valence-electron chi connectivity index (χ2n) is 5.94. The van der Waals surface area contributed by atoms with E-state index in [9.17, 15) is 87.8 Å². The average molecular weight is 552 g/mol. The van der Waals surface area contributed by atoms with Crippen LogP contribution in [-0.4, -0.2) is 34.9 Å². The monoisotopic (exact) mass is 552 g/mol. The summed E-state index contributed by atoms with van der Waals surface area (Å²) >= 11 is 0. The fourth-order valence-electron chi connectivity index (χ4n) is 2.04. The first-order valence-electron chi connectivity index (χ1n) is 7.18. The maximum absolute atomic E-state index is 13.8. The summed E-state index contributed by atoms with van der Waals surface area (Å²) in [5.74, 6) is -30.3. The molecule has 0 fully saturated rings. The number of nitrogens with zero attached hydrogens (tertiary/aromatic N) is 2. The molecule has 0 aromatic carbocycles. The van der Waals surface area contributed by atoms with Gasteiger partial charge in [0.1, 0.15) is 0 Å². The minimum absolute atomic E-state index is 1.05. The quantitative estimate of drug-likeness (QED) is 0.373. The third kappa shape index (κ3) is 4.38. The molecule has 0 aliphatic rings. The molecule has 0 spiro atoms. The van der Waals surface area contributed by atoms with Crippen molar-refractivity contribution in [2.75, 3.05) is 0 Å². The van der Waals surface area contributed by atoms with Crippen LogP contribution in [0.5, 0.6) is 0 Å². The molecule has 2 nitrogen and oxygen atoms in total. The summed E-state index contributed by atoms with van der Waals surface area (Å²) in [7, 11) is 0. The standard InChI is InChI=1S/C12F20N2/c13-5(14,9(21,22)23)1-2(6(15,16)10(24,25)26)4(8(19,20)12(30,31)32)34-33-3(1)7(17,18)11(27,28)29. The number of hydrogen-bond donors (Lipinski definition) is 0. The van der Waals surface area contributed by atoms with E-state index in [-0.39, 0.29) is 0 Å². The minimum Gasteiger partial charge on any atom is -0.191 e. The first kappa shape index (κ1) is 29.7. The van der Waals surface area contributed by atoms with Crippen LogP contribution in [0.25, 0.3) is 0 Å². The van der Waals surface area contributed by atoms with E-state index in [2.05, 4.69) is 0 Å². The van der Waals surface area contributed by atoms with E-state index < -0.39 is 70.9 Å². The molecule has 198 valence electrons. The molecule has 0 unspecified atom stereocenters. The lowest BCUT2D eigenvalue weighted by atomic mass is 9.89. The maximum atomic E-state index is 13.8. The number of rotatable bonds is 4. The fourth-order valence-corrected chi connectivity index (χ4v) is 2.04. The normalized spacial score (nSPS) is 15.6. The summed E-state index contributed by atoms with van der Waals surface area (Å²) in [5.41, 5.74) is -18.8. The molecule has 0 radical (unpaired) electrons. The van der Waals surface area contributed by atoms with Gasteiger partial charge in [0, 0.05) is 0 Å². The van der Waals surface area contributed by atoms with Crippen molar-refractivity contribution in [2.24, 2.45) is 0 Å². The molecule has 0 aliphatic heterocycles. The summed E-state index contributed by atoms with van der Waals surface area (Å²) in [4.78, 5) is 0. The zero-order valence-corrected chi connectivity index (χ0v) is 14.5. The van der Waals surface area contributed by atoms with Gasteiger partial charge in [0.2, 0.25) is 0 Å². The highest BCUT2D eigenvalue weighted by Gasteiger charge is 2.74. The summed E-state index contributed by atoms with van der Waals surface area (Å²) in [6.07, 6.45) is -30.3. The molecular weight excluding hydrogens is 552 g/mol. The van der Waals surface area contributed by atoms with E-state index in [0.29, 0.717) is 0 Å². The molecule has 0 N–H and O–H groups in total. The van der Waals surface area contributed by atoms with E-state index in [0.717, 1.165) is 10.2 Å². The summed E-state index contributed by atoms with van der Waals surface area (Å²) in [6, 6.07) is 0. The number of aromatic nitrogens is 2. The average Bonchev–Trinajstić information content (AvgIpc) is 2.56. The lowest BCUT2D eigenvalue weighted by Gasteiger charge is -2.33. The van der Waals surface area contributed by atoms with Crippen LogP contribution in [-0.2, 0) is 23.7 Å². The van der Waals surface area contributed by atoms with Crippen molar-refractivity contribution in [3.05, 3.63) is 22.5 Å². The van der Waals surface area contributed by atoms with Crippen molar-refractivity contribution in [2.45, 2.75) is 48.4 Å². The molecule has 0 aliphatic carbocycles.